The molecular weight excluding hydrogens is 314 g/mol. The highest BCUT2D eigenvalue weighted by Gasteiger charge is 2.35. The van der Waals surface area contributed by atoms with Gasteiger partial charge < -0.3 is 14.9 Å². The maximum absolute atomic E-state index is 13.1. The van der Waals surface area contributed by atoms with Gasteiger partial charge in [-0.25, -0.2) is 9.97 Å². The van der Waals surface area contributed by atoms with Gasteiger partial charge in [0.05, 0.1) is 5.69 Å². The van der Waals surface area contributed by atoms with Crippen LogP contribution in [0.5, 0.6) is 0 Å². The van der Waals surface area contributed by atoms with Crippen molar-refractivity contribution in [1.82, 2.24) is 24.8 Å². The largest absolute Gasteiger partial charge is 0.357 e. The highest BCUT2D eigenvalue weighted by molar-refractivity contribution is 5.96. The van der Waals surface area contributed by atoms with E-state index in [0.717, 1.165) is 48.0 Å². The molecule has 2 atom stereocenters. The zero-order valence-corrected chi connectivity index (χ0v) is 14.6. The molecule has 0 unspecified atom stereocenters. The van der Waals surface area contributed by atoms with Gasteiger partial charge in [-0.3, -0.25) is 4.79 Å². The van der Waals surface area contributed by atoms with E-state index in [-0.39, 0.29) is 7.33 Å². The number of fused-ring (bicyclic) bond motifs is 1. The molecular formula is C19H25N5O. The van der Waals surface area contributed by atoms with Crippen molar-refractivity contribution < 1.29 is 6.22 Å². The first-order valence-electron chi connectivity index (χ1n) is 9.02. The molecule has 0 radical (unpaired) electrons. The Hall–Kier alpha value is -2.63. The molecule has 6 nitrogen and oxygen atoms in total. The molecule has 1 aliphatic heterocycles. The Morgan fingerprint density at radius 1 is 1.24 bits per heavy atom. The topological polar surface area (TPSA) is 77.7 Å². The normalized spacial score (nSPS) is 20.5. The molecule has 1 fully saturated rings. The van der Waals surface area contributed by atoms with Crippen molar-refractivity contribution in [2.45, 2.75) is 51.6 Å². The summed E-state index contributed by atoms with van der Waals surface area (Å²) in [6.45, 7) is 4.32. The molecule has 25 heavy (non-hydrogen) atoms. The van der Waals surface area contributed by atoms with Crippen LogP contribution in [0.15, 0.2) is 30.9 Å². The number of rotatable bonds is 4. The van der Waals surface area contributed by atoms with E-state index in [1.165, 1.54) is 0 Å². The van der Waals surface area contributed by atoms with E-state index >= 15 is 0 Å². The van der Waals surface area contributed by atoms with Gasteiger partial charge in [0, 0.05) is 36.9 Å². The summed E-state index contributed by atoms with van der Waals surface area (Å²) in [5, 5.41) is 0.958. The zero-order valence-electron chi connectivity index (χ0n) is 14.6. The fourth-order valence-corrected chi connectivity index (χ4v) is 3.99. The fraction of sp³-hybridized carbons (Fsp3) is 0.421. The Kier molecular flexibility index (Phi) is 4.03. The highest BCUT2D eigenvalue weighted by Crippen LogP contribution is 2.31. The number of nitrogens with zero attached hydrogens (tertiary/aromatic N) is 3. The predicted molar refractivity (Wildman–Crippen MR) is 99.4 cm³/mol. The van der Waals surface area contributed by atoms with Gasteiger partial charge in [0.2, 0.25) is 0 Å². The smallest absolute Gasteiger partial charge is 0.270 e. The van der Waals surface area contributed by atoms with Gasteiger partial charge in [-0.15, -0.1) is 0 Å². The van der Waals surface area contributed by atoms with E-state index in [9.17, 15) is 4.79 Å². The van der Waals surface area contributed by atoms with Gasteiger partial charge >= 0.3 is 0 Å². The van der Waals surface area contributed by atoms with Crippen molar-refractivity contribution >= 4 is 16.9 Å². The molecule has 0 aliphatic carbocycles. The predicted octanol–water partition coefficient (Wildman–Crippen LogP) is 3.99. The molecule has 1 saturated heterocycles. The number of hydrogen-bond acceptors (Lipinski definition) is 3. The molecule has 6 heteroatoms. The number of carbonyl (C=O) groups is 1. The van der Waals surface area contributed by atoms with Crippen LogP contribution < -0.4 is 0 Å². The van der Waals surface area contributed by atoms with E-state index < -0.39 is 0 Å². The number of nitrogens with one attached hydrogen (secondary N) is 2. The molecule has 1 amide bonds. The van der Waals surface area contributed by atoms with Crippen molar-refractivity contribution in [2.75, 3.05) is 0 Å². The van der Waals surface area contributed by atoms with Crippen LogP contribution in [0.3, 0.4) is 0 Å². The summed E-state index contributed by atoms with van der Waals surface area (Å²) >= 11 is 0. The second-order valence-corrected chi connectivity index (χ2v) is 6.68. The quantitative estimate of drug-likeness (QED) is 0.754. The lowest BCUT2D eigenvalue weighted by Gasteiger charge is -2.29. The van der Waals surface area contributed by atoms with Crippen molar-refractivity contribution in [3.05, 3.63) is 36.5 Å². The number of H-pyrrole nitrogens is 2. The summed E-state index contributed by atoms with van der Waals surface area (Å²) in [6, 6.07) is 4.56. The average molecular weight is 339 g/mol. The molecule has 3 aromatic rings. The van der Waals surface area contributed by atoms with E-state index in [1.54, 1.807) is 6.33 Å². The van der Waals surface area contributed by atoms with E-state index in [4.69, 9.17) is 0 Å². The minimum atomic E-state index is 0. The number of aromatic amines is 2. The van der Waals surface area contributed by atoms with Crippen LogP contribution in [0.1, 0.15) is 51.4 Å². The second-order valence-electron chi connectivity index (χ2n) is 6.68. The van der Waals surface area contributed by atoms with Crippen molar-refractivity contribution in [2.24, 2.45) is 0 Å². The molecule has 1 aliphatic rings. The summed E-state index contributed by atoms with van der Waals surface area (Å²) in [5.41, 5.74) is 3.18. The summed E-state index contributed by atoms with van der Waals surface area (Å²) in [6.07, 6.45) is 9.47. The highest BCUT2D eigenvalue weighted by atomic mass is 16.2. The maximum Gasteiger partial charge on any atom is 0.270 e. The second kappa shape index (κ2) is 6.35. The average Bonchev–Trinajstić information content (AvgIpc) is 3.38. The molecule has 4 heterocycles. The SMILES string of the molecule is CC[C@@H]1CC[C@@H](CC)N1C(=O)c1cc(-c2ncnc3[nH]ccc23)c[nH]1.[HH]. The van der Waals surface area contributed by atoms with Crippen LogP contribution >= 0.6 is 0 Å². The first-order chi connectivity index (χ1) is 12.2. The van der Waals surface area contributed by atoms with Gasteiger partial charge in [-0.2, -0.15) is 0 Å². The zero-order chi connectivity index (χ0) is 17.4. The summed E-state index contributed by atoms with van der Waals surface area (Å²) < 4.78 is 0. The third-order valence-electron chi connectivity index (χ3n) is 5.34. The number of amides is 1. The van der Waals surface area contributed by atoms with Crippen LogP contribution in [0.25, 0.3) is 22.3 Å². The number of likely N-dealkylation sites (tertiary alicyclic amines) is 1. The lowest BCUT2D eigenvalue weighted by molar-refractivity contribution is 0.0654. The van der Waals surface area contributed by atoms with E-state index in [1.807, 2.05) is 24.5 Å². The molecule has 4 rings (SSSR count). The minimum absolute atomic E-state index is 0. The summed E-state index contributed by atoms with van der Waals surface area (Å²) in [5.74, 6) is 0.0989. The van der Waals surface area contributed by atoms with Crippen LogP contribution in [-0.4, -0.2) is 42.8 Å². The van der Waals surface area contributed by atoms with Gasteiger partial charge in [0.25, 0.3) is 5.91 Å². The first kappa shape index (κ1) is 15.9. The molecule has 0 aromatic carbocycles. The Morgan fingerprint density at radius 2 is 2.00 bits per heavy atom. The van der Waals surface area contributed by atoms with E-state index in [2.05, 4.69) is 38.7 Å². The standard InChI is InChI=1S/C19H23N5O.H2/c1-3-13-5-6-14(4-2)24(13)19(25)16-9-12(10-21-16)17-15-7-8-20-18(15)23-11-22-17;/h7-11,13-14,21H,3-6H2,1-2H3,(H,20,22,23);1H/t13-,14-;/m1./s1. The van der Waals surface area contributed by atoms with Crippen molar-refractivity contribution in [3.63, 3.8) is 0 Å². The van der Waals surface area contributed by atoms with Gasteiger partial charge in [-0.05, 0) is 37.8 Å². The molecule has 0 saturated carbocycles. The number of aromatic nitrogens is 4. The molecule has 2 N–H and O–H groups in total. The lowest BCUT2D eigenvalue weighted by Crippen LogP contribution is -2.40. The molecule has 132 valence electrons. The lowest BCUT2D eigenvalue weighted by atomic mass is 10.1. The summed E-state index contributed by atoms with van der Waals surface area (Å²) in [7, 11) is 0. The van der Waals surface area contributed by atoms with Crippen LogP contribution in [-0.2, 0) is 0 Å². The Balaban J connectivity index is 0.00000196. The summed E-state index contributed by atoms with van der Waals surface area (Å²) in [4.78, 5) is 30.1. The molecule has 3 aromatic heterocycles. The Morgan fingerprint density at radius 3 is 2.72 bits per heavy atom. The van der Waals surface area contributed by atoms with Gasteiger partial charge in [0.15, 0.2) is 0 Å². The Bertz CT molecular complexity index is 890. The third-order valence-corrected chi connectivity index (χ3v) is 5.34. The van der Waals surface area contributed by atoms with Gasteiger partial charge in [-0.1, -0.05) is 13.8 Å². The van der Waals surface area contributed by atoms with E-state index in [0.29, 0.717) is 17.8 Å². The fourth-order valence-electron chi connectivity index (χ4n) is 3.99. The molecule has 0 spiro atoms. The van der Waals surface area contributed by atoms with Crippen LogP contribution in [0.4, 0.5) is 0 Å². The van der Waals surface area contributed by atoms with Crippen molar-refractivity contribution in [1.29, 1.82) is 0 Å². The Labute approximate surface area is 148 Å². The monoisotopic (exact) mass is 339 g/mol. The number of hydrogen-bond donors (Lipinski definition) is 2. The molecule has 0 bridgehead atoms. The number of carbonyl (C=O) groups excluding carboxylic acids is 1. The first-order valence-corrected chi connectivity index (χ1v) is 9.02. The van der Waals surface area contributed by atoms with Gasteiger partial charge in [0.1, 0.15) is 17.7 Å². The van der Waals surface area contributed by atoms with Crippen LogP contribution in [0.2, 0.25) is 0 Å². The third kappa shape index (κ3) is 2.62. The van der Waals surface area contributed by atoms with Crippen molar-refractivity contribution in [3.8, 4) is 11.3 Å². The maximum atomic E-state index is 13.1. The minimum Gasteiger partial charge on any atom is -0.357 e. The van der Waals surface area contributed by atoms with Crippen LogP contribution in [0, 0.1) is 0 Å².